The van der Waals surface area contributed by atoms with Crippen LogP contribution in [0.4, 0.5) is 0 Å². The average Bonchev–Trinajstić information content (AvgIpc) is 2.96. The number of benzene rings is 2. The molecule has 0 saturated carbocycles. The smallest absolute Gasteiger partial charge is 0.254 e. The number of likely N-dealkylation sites (tertiary alicyclic amines) is 1. The Morgan fingerprint density at radius 2 is 1.81 bits per heavy atom. The largest absolute Gasteiger partial charge is 0.335 e. The maximum absolute atomic E-state index is 12.8. The quantitative estimate of drug-likeness (QED) is 0.836. The fourth-order valence-electron chi connectivity index (χ4n) is 3.17. The topological polar surface area (TPSA) is 20.3 Å². The van der Waals surface area contributed by atoms with Gasteiger partial charge in [0.25, 0.3) is 5.91 Å². The van der Waals surface area contributed by atoms with Gasteiger partial charge in [-0.05, 0) is 43.4 Å². The predicted octanol–water partition coefficient (Wildman–Crippen LogP) is 3.84. The van der Waals surface area contributed by atoms with E-state index in [-0.39, 0.29) is 5.91 Å². The van der Waals surface area contributed by atoms with Gasteiger partial charge in [0.1, 0.15) is 0 Å². The van der Waals surface area contributed by atoms with Crippen molar-refractivity contribution in [2.24, 2.45) is 0 Å². The third kappa shape index (κ3) is 2.99. The molecule has 1 heterocycles. The number of amides is 1. The lowest BCUT2D eigenvalue weighted by Gasteiger charge is -2.25. The van der Waals surface area contributed by atoms with Crippen molar-refractivity contribution in [3.05, 3.63) is 71.3 Å². The van der Waals surface area contributed by atoms with Gasteiger partial charge in [-0.2, -0.15) is 0 Å². The first-order valence-corrected chi connectivity index (χ1v) is 7.66. The molecule has 0 spiro atoms. The van der Waals surface area contributed by atoms with Crippen molar-refractivity contribution in [1.82, 2.24) is 4.90 Å². The van der Waals surface area contributed by atoms with Gasteiger partial charge in [-0.15, -0.1) is 0 Å². The molecule has 1 unspecified atom stereocenters. The van der Waals surface area contributed by atoms with E-state index in [1.807, 2.05) is 37.3 Å². The molecule has 2 nitrogen and oxygen atoms in total. The van der Waals surface area contributed by atoms with Crippen LogP contribution in [-0.2, 0) is 6.42 Å². The Bertz CT molecular complexity index is 620. The maximum atomic E-state index is 12.8. The third-order valence-electron chi connectivity index (χ3n) is 4.33. The molecule has 0 aliphatic carbocycles. The highest BCUT2D eigenvalue weighted by Gasteiger charge is 2.29. The lowest BCUT2D eigenvalue weighted by Crippen LogP contribution is -2.37. The lowest BCUT2D eigenvalue weighted by atomic mass is 10.0. The van der Waals surface area contributed by atoms with E-state index in [0.29, 0.717) is 6.04 Å². The van der Waals surface area contributed by atoms with E-state index < -0.39 is 0 Å². The van der Waals surface area contributed by atoms with Crippen LogP contribution in [0, 0.1) is 6.92 Å². The Morgan fingerprint density at radius 1 is 1.10 bits per heavy atom. The highest BCUT2D eigenvalue weighted by molar-refractivity contribution is 5.96. The molecular formula is C19H21NO. The maximum Gasteiger partial charge on any atom is 0.254 e. The minimum atomic E-state index is 0.187. The first-order valence-electron chi connectivity index (χ1n) is 7.66. The van der Waals surface area contributed by atoms with Gasteiger partial charge in [0, 0.05) is 18.2 Å². The standard InChI is InChI=1S/C19H21NO/c1-15-8-5-6-12-18(15)19(21)20-13-7-11-17(20)14-16-9-3-2-4-10-16/h2-6,8-10,12,17H,7,11,13-14H2,1H3. The van der Waals surface area contributed by atoms with Crippen LogP contribution >= 0.6 is 0 Å². The van der Waals surface area contributed by atoms with Crippen LogP contribution in [0.3, 0.4) is 0 Å². The molecule has 2 heteroatoms. The van der Waals surface area contributed by atoms with Crippen LogP contribution in [0.25, 0.3) is 0 Å². The Kier molecular flexibility index (Phi) is 4.05. The van der Waals surface area contributed by atoms with Crippen LogP contribution in [0.2, 0.25) is 0 Å². The summed E-state index contributed by atoms with van der Waals surface area (Å²) in [6, 6.07) is 18.7. The molecular weight excluding hydrogens is 258 g/mol. The van der Waals surface area contributed by atoms with Crippen molar-refractivity contribution in [3.63, 3.8) is 0 Å². The van der Waals surface area contributed by atoms with Gasteiger partial charge < -0.3 is 4.90 Å². The molecule has 3 rings (SSSR count). The van der Waals surface area contributed by atoms with Crippen molar-refractivity contribution < 1.29 is 4.79 Å². The molecule has 21 heavy (non-hydrogen) atoms. The summed E-state index contributed by atoms with van der Waals surface area (Å²) in [5.74, 6) is 0.187. The average molecular weight is 279 g/mol. The van der Waals surface area contributed by atoms with Crippen LogP contribution in [0.5, 0.6) is 0 Å². The molecule has 1 atom stereocenters. The van der Waals surface area contributed by atoms with Gasteiger partial charge in [-0.1, -0.05) is 48.5 Å². The van der Waals surface area contributed by atoms with Crippen molar-refractivity contribution in [2.45, 2.75) is 32.2 Å². The van der Waals surface area contributed by atoms with Crippen LogP contribution in [0.1, 0.15) is 34.3 Å². The highest BCUT2D eigenvalue weighted by Crippen LogP contribution is 2.24. The normalized spacial score (nSPS) is 18.0. The number of nitrogens with zero attached hydrogens (tertiary/aromatic N) is 1. The molecule has 2 aromatic carbocycles. The molecule has 1 saturated heterocycles. The Morgan fingerprint density at radius 3 is 2.57 bits per heavy atom. The van der Waals surface area contributed by atoms with Gasteiger partial charge in [0.15, 0.2) is 0 Å². The van der Waals surface area contributed by atoms with Gasteiger partial charge in [-0.25, -0.2) is 0 Å². The van der Waals surface area contributed by atoms with E-state index in [0.717, 1.165) is 36.9 Å². The Labute approximate surface area is 126 Å². The number of aryl methyl sites for hydroxylation is 1. The molecule has 0 N–H and O–H groups in total. The molecule has 0 radical (unpaired) electrons. The molecule has 1 amide bonds. The first-order chi connectivity index (χ1) is 10.3. The lowest BCUT2D eigenvalue weighted by molar-refractivity contribution is 0.0736. The van der Waals surface area contributed by atoms with E-state index in [9.17, 15) is 4.79 Å². The van der Waals surface area contributed by atoms with E-state index in [1.54, 1.807) is 0 Å². The summed E-state index contributed by atoms with van der Waals surface area (Å²) in [7, 11) is 0. The molecule has 0 bridgehead atoms. The monoisotopic (exact) mass is 279 g/mol. The Balaban J connectivity index is 1.78. The molecule has 1 fully saturated rings. The van der Waals surface area contributed by atoms with Crippen molar-refractivity contribution >= 4 is 5.91 Å². The minimum absolute atomic E-state index is 0.187. The van der Waals surface area contributed by atoms with Gasteiger partial charge in [0.05, 0.1) is 0 Å². The summed E-state index contributed by atoms with van der Waals surface area (Å²) < 4.78 is 0. The molecule has 1 aliphatic heterocycles. The van der Waals surface area contributed by atoms with Crippen molar-refractivity contribution in [2.75, 3.05) is 6.54 Å². The number of carbonyl (C=O) groups excluding carboxylic acids is 1. The van der Waals surface area contributed by atoms with Crippen LogP contribution in [-0.4, -0.2) is 23.4 Å². The number of hydrogen-bond acceptors (Lipinski definition) is 1. The summed E-state index contributed by atoms with van der Waals surface area (Å²) in [6.45, 7) is 2.89. The van der Waals surface area contributed by atoms with E-state index in [1.165, 1.54) is 5.56 Å². The second-order valence-corrected chi connectivity index (χ2v) is 5.80. The summed E-state index contributed by atoms with van der Waals surface area (Å²) in [6.07, 6.45) is 3.17. The van der Waals surface area contributed by atoms with Crippen LogP contribution in [0.15, 0.2) is 54.6 Å². The second-order valence-electron chi connectivity index (χ2n) is 5.80. The second kappa shape index (κ2) is 6.13. The zero-order valence-corrected chi connectivity index (χ0v) is 12.5. The Hall–Kier alpha value is -2.09. The van der Waals surface area contributed by atoms with Crippen molar-refractivity contribution in [1.29, 1.82) is 0 Å². The first kappa shape index (κ1) is 13.9. The van der Waals surface area contributed by atoms with Crippen LogP contribution < -0.4 is 0 Å². The molecule has 2 aromatic rings. The summed E-state index contributed by atoms with van der Waals surface area (Å²) in [5, 5.41) is 0. The van der Waals surface area contributed by atoms with Gasteiger partial charge >= 0.3 is 0 Å². The minimum Gasteiger partial charge on any atom is -0.335 e. The molecule has 0 aromatic heterocycles. The zero-order chi connectivity index (χ0) is 14.7. The number of carbonyl (C=O) groups is 1. The predicted molar refractivity (Wildman–Crippen MR) is 85.4 cm³/mol. The number of hydrogen-bond donors (Lipinski definition) is 0. The molecule has 1 aliphatic rings. The summed E-state index contributed by atoms with van der Waals surface area (Å²) >= 11 is 0. The number of rotatable bonds is 3. The van der Waals surface area contributed by atoms with E-state index >= 15 is 0 Å². The van der Waals surface area contributed by atoms with Crippen molar-refractivity contribution in [3.8, 4) is 0 Å². The fraction of sp³-hybridized carbons (Fsp3) is 0.316. The summed E-state index contributed by atoms with van der Waals surface area (Å²) in [5.41, 5.74) is 3.22. The highest BCUT2D eigenvalue weighted by atomic mass is 16.2. The van der Waals surface area contributed by atoms with Gasteiger partial charge in [-0.3, -0.25) is 4.79 Å². The summed E-state index contributed by atoms with van der Waals surface area (Å²) in [4.78, 5) is 14.9. The van der Waals surface area contributed by atoms with E-state index in [4.69, 9.17) is 0 Å². The molecule has 108 valence electrons. The SMILES string of the molecule is Cc1ccccc1C(=O)N1CCCC1Cc1ccccc1. The fourth-order valence-corrected chi connectivity index (χ4v) is 3.17. The third-order valence-corrected chi connectivity index (χ3v) is 4.33. The van der Waals surface area contributed by atoms with E-state index in [2.05, 4.69) is 29.2 Å². The zero-order valence-electron chi connectivity index (χ0n) is 12.5. The van der Waals surface area contributed by atoms with Gasteiger partial charge in [0.2, 0.25) is 0 Å².